The SMILES string of the molecule is COc1cc(O)c(-c2coc3cc(O)cc(O)c3c2=O)c(OC)c1CC=C(C)C. The highest BCUT2D eigenvalue weighted by molar-refractivity contribution is 5.90. The molecule has 0 spiro atoms. The molecule has 7 nitrogen and oxygen atoms in total. The lowest BCUT2D eigenvalue weighted by molar-refractivity contribution is 0.379. The zero-order valence-corrected chi connectivity index (χ0v) is 16.6. The summed E-state index contributed by atoms with van der Waals surface area (Å²) in [7, 11) is 2.91. The van der Waals surface area contributed by atoms with E-state index in [-0.39, 0.29) is 39.3 Å². The molecule has 0 atom stereocenters. The molecule has 29 heavy (non-hydrogen) atoms. The van der Waals surface area contributed by atoms with Crippen molar-refractivity contribution in [2.75, 3.05) is 14.2 Å². The van der Waals surface area contributed by atoms with Gasteiger partial charge in [0.1, 0.15) is 46.0 Å². The van der Waals surface area contributed by atoms with Gasteiger partial charge in [0.25, 0.3) is 0 Å². The minimum atomic E-state index is -0.573. The highest BCUT2D eigenvalue weighted by Gasteiger charge is 2.24. The molecule has 0 aliphatic rings. The van der Waals surface area contributed by atoms with Gasteiger partial charge in [0, 0.05) is 23.8 Å². The zero-order valence-electron chi connectivity index (χ0n) is 16.6. The molecule has 3 N–H and O–H groups in total. The van der Waals surface area contributed by atoms with Gasteiger partial charge in [0.2, 0.25) is 5.43 Å². The van der Waals surface area contributed by atoms with Crippen LogP contribution in [-0.4, -0.2) is 29.5 Å². The third-order valence-corrected chi connectivity index (χ3v) is 4.57. The number of methoxy groups -OCH3 is 2. The van der Waals surface area contributed by atoms with Crippen LogP contribution in [0.25, 0.3) is 22.1 Å². The van der Waals surface area contributed by atoms with E-state index in [0.717, 1.165) is 17.9 Å². The van der Waals surface area contributed by atoms with E-state index in [4.69, 9.17) is 13.9 Å². The summed E-state index contributed by atoms with van der Waals surface area (Å²) in [4.78, 5) is 13.1. The summed E-state index contributed by atoms with van der Waals surface area (Å²) in [5.74, 6) is -0.209. The number of benzene rings is 2. The van der Waals surface area contributed by atoms with Crippen LogP contribution in [0.15, 0.2) is 45.3 Å². The Balaban J connectivity index is 2.36. The van der Waals surface area contributed by atoms with Crippen molar-refractivity contribution >= 4 is 11.0 Å². The van der Waals surface area contributed by atoms with Crippen LogP contribution in [0.2, 0.25) is 0 Å². The van der Waals surface area contributed by atoms with E-state index in [2.05, 4.69) is 0 Å². The molecule has 1 aromatic heterocycles. The molecule has 0 unspecified atom stereocenters. The average Bonchev–Trinajstić information content (AvgIpc) is 2.66. The Kier molecular flexibility index (Phi) is 5.41. The first kappa shape index (κ1) is 20.1. The summed E-state index contributed by atoms with van der Waals surface area (Å²) in [6, 6.07) is 3.69. The molecule has 1 heterocycles. The number of ether oxygens (including phenoxy) is 2. The monoisotopic (exact) mass is 398 g/mol. The molecule has 0 saturated heterocycles. The van der Waals surface area contributed by atoms with Gasteiger partial charge < -0.3 is 29.2 Å². The average molecular weight is 398 g/mol. The van der Waals surface area contributed by atoms with Crippen LogP contribution in [0.4, 0.5) is 0 Å². The number of allylic oxidation sites excluding steroid dienone is 2. The number of fused-ring (bicyclic) bond motifs is 1. The van der Waals surface area contributed by atoms with Crippen molar-refractivity contribution in [3.05, 3.63) is 51.9 Å². The van der Waals surface area contributed by atoms with Crippen LogP contribution in [0, 0.1) is 0 Å². The van der Waals surface area contributed by atoms with Crippen LogP contribution in [0.5, 0.6) is 28.7 Å². The van der Waals surface area contributed by atoms with Crippen LogP contribution in [0.1, 0.15) is 19.4 Å². The van der Waals surface area contributed by atoms with Crippen LogP contribution in [-0.2, 0) is 6.42 Å². The minimum Gasteiger partial charge on any atom is -0.508 e. The summed E-state index contributed by atoms with van der Waals surface area (Å²) in [6.07, 6.45) is 3.59. The fraction of sp³-hybridized carbons (Fsp3) is 0.227. The van der Waals surface area contributed by atoms with Gasteiger partial charge in [0.05, 0.1) is 25.3 Å². The molecular formula is C22H22O7. The highest BCUT2D eigenvalue weighted by Crippen LogP contribution is 2.45. The zero-order chi connectivity index (χ0) is 21.3. The maximum atomic E-state index is 13.1. The largest absolute Gasteiger partial charge is 0.508 e. The molecule has 0 aliphatic heterocycles. The van der Waals surface area contributed by atoms with Gasteiger partial charge in [-0.25, -0.2) is 0 Å². The maximum Gasteiger partial charge on any atom is 0.204 e. The van der Waals surface area contributed by atoms with E-state index in [1.54, 1.807) is 0 Å². The molecule has 0 radical (unpaired) electrons. The quantitative estimate of drug-likeness (QED) is 0.555. The number of aromatic hydroxyl groups is 3. The molecule has 3 rings (SSSR count). The van der Waals surface area contributed by atoms with Crippen molar-refractivity contribution < 1.29 is 29.2 Å². The van der Waals surface area contributed by atoms with Gasteiger partial charge in [-0.3, -0.25) is 4.79 Å². The Labute approximate surface area is 167 Å². The van der Waals surface area contributed by atoms with Gasteiger partial charge in [-0.05, 0) is 20.3 Å². The van der Waals surface area contributed by atoms with Crippen molar-refractivity contribution in [3.8, 4) is 39.9 Å². The number of hydrogen-bond donors (Lipinski definition) is 3. The first-order chi connectivity index (χ1) is 13.8. The van der Waals surface area contributed by atoms with Crippen LogP contribution >= 0.6 is 0 Å². The number of rotatable bonds is 5. The van der Waals surface area contributed by atoms with Gasteiger partial charge in [-0.1, -0.05) is 11.6 Å². The predicted molar refractivity (Wildman–Crippen MR) is 109 cm³/mol. The lowest BCUT2D eigenvalue weighted by atomic mass is 9.97. The molecule has 0 fully saturated rings. The molecule has 152 valence electrons. The Morgan fingerprint density at radius 2 is 1.79 bits per heavy atom. The summed E-state index contributed by atoms with van der Waals surface area (Å²) in [5, 5.41) is 30.3. The van der Waals surface area contributed by atoms with Crippen molar-refractivity contribution in [2.24, 2.45) is 0 Å². The second kappa shape index (κ2) is 7.79. The van der Waals surface area contributed by atoms with Crippen molar-refractivity contribution in [3.63, 3.8) is 0 Å². The van der Waals surface area contributed by atoms with E-state index in [1.807, 2.05) is 19.9 Å². The molecule has 0 amide bonds. The van der Waals surface area contributed by atoms with Crippen molar-refractivity contribution in [2.45, 2.75) is 20.3 Å². The van der Waals surface area contributed by atoms with Gasteiger partial charge in [-0.2, -0.15) is 0 Å². The second-order valence-corrected chi connectivity index (χ2v) is 6.79. The maximum absolute atomic E-state index is 13.1. The first-order valence-corrected chi connectivity index (χ1v) is 8.86. The Morgan fingerprint density at radius 3 is 2.41 bits per heavy atom. The standard InChI is InChI=1S/C22H22O7/c1-11(2)5-6-13-17(27-3)9-16(25)19(22(13)28-4)14-10-29-18-8-12(23)7-15(24)20(18)21(14)26/h5,7-10,23-25H,6H2,1-4H3. The molecule has 0 saturated carbocycles. The number of phenolic OH excluding ortho intramolecular Hbond substituents is 3. The van der Waals surface area contributed by atoms with Crippen molar-refractivity contribution in [1.29, 1.82) is 0 Å². The first-order valence-electron chi connectivity index (χ1n) is 8.86. The molecular weight excluding hydrogens is 376 g/mol. The lowest BCUT2D eigenvalue weighted by Crippen LogP contribution is -2.08. The van der Waals surface area contributed by atoms with E-state index in [1.165, 1.54) is 26.4 Å². The lowest BCUT2D eigenvalue weighted by Gasteiger charge is -2.18. The molecule has 7 heteroatoms. The van der Waals surface area contributed by atoms with E-state index >= 15 is 0 Å². The summed E-state index contributed by atoms with van der Waals surface area (Å²) in [6.45, 7) is 3.91. The Bertz CT molecular complexity index is 1170. The van der Waals surface area contributed by atoms with Crippen LogP contribution < -0.4 is 14.9 Å². The fourth-order valence-corrected chi connectivity index (χ4v) is 3.22. The van der Waals surface area contributed by atoms with Gasteiger partial charge in [-0.15, -0.1) is 0 Å². The Hall–Kier alpha value is -3.61. The van der Waals surface area contributed by atoms with Crippen molar-refractivity contribution in [1.82, 2.24) is 0 Å². The fourth-order valence-electron chi connectivity index (χ4n) is 3.22. The summed E-state index contributed by atoms with van der Waals surface area (Å²) >= 11 is 0. The molecule has 3 aromatic rings. The molecule has 0 aliphatic carbocycles. The third kappa shape index (κ3) is 3.59. The normalized spacial score (nSPS) is 10.8. The third-order valence-electron chi connectivity index (χ3n) is 4.57. The van der Waals surface area contributed by atoms with Gasteiger partial charge >= 0.3 is 0 Å². The van der Waals surface area contributed by atoms with E-state index in [9.17, 15) is 20.1 Å². The number of hydrogen-bond acceptors (Lipinski definition) is 7. The van der Waals surface area contributed by atoms with E-state index < -0.39 is 11.2 Å². The van der Waals surface area contributed by atoms with E-state index in [0.29, 0.717) is 17.7 Å². The Morgan fingerprint density at radius 1 is 1.07 bits per heavy atom. The number of phenols is 3. The predicted octanol–water partition coefficient (Wildman–Crippen LogP) is 4.10. The smallest absolute Gasteiger partial charge is 0.204 e. The summed E-state index contributed by atoms with van der Waals surface area (Å²) in [5.41, 5.74) is 1.32. The minimum absolute atomic E-state index is 0.00828. The second-order valence-electron chi connectivity index (χ2n) is 6.79. The molecule has 2 aromatic carbocycles. The summed E-state index contributed by atoms with van der Waals surface area (Å²) < 4.78 is 16.4. The van der Waals surface area contributed by atoms with Gasteiger partial charge in [0.15, 0.2) is 0 Å². The van der Waals surface area contributed by atoms with Crippen LogP contribution in [0.3, 0.4) is 0 Å². The highest BCUT2D eigenvalue weighted by atomic mass is 16.5. The topological polar surface area (TPSA) is 109 Å². The molecule has 0 bridgehead atoms.